The van der Waals surface area contributed by atoms with E-state index >= 15 is 0 Å². The van der Waals surface area contributed by atoms with Crippen LogP contribution in [0.4, 0.5) is 0 Å². The summed E-state index contributed by atoms with van der Waals surface area (Å²) in [5.41, 5.74) is 17.0. The molecule has 0 fully saturated rings. The van der Waals surface area contributed by atoms with Gasteiger partial charge in [0, 0.05) is 17.9 Å². The Morgan fingerprint density at radius 2 is 1.51 bits per heavy atom. The van der Waals surface area contributed by atoms with Gasteiger partial charge in [0.2, 0.25) is 29.5 Å². The predicted molar refractivity (Wildman–Crippen MR) is 167 cm³/mol. The van der Waals surface area contributed by atoms with Gasteiger partial charge in [-0.1, -0.05) is 59.7 Å². The van der Waals surface area contributed by atoms with Crippen molar-refractivity contribution in [3.05, 3.63) is 88.3 Å². The molecule has 3 rings (SSSR count). The summed E-state index contributed by atoms with van der Waals surface area (Å²) in [7, 11) is 0. The van der Waals surface area contributed by atoms with E-state index in [4.69, 9.17) is 16.4 Å². The molecule has 0 saturated heterocycles. The van der Waals surface area contributed by atoms with Crippen molar-refractivity contribution in [2.24, 2.45) is 10.8 Å². The van der Waals surface area contributed by atoms with Gasteiger partial charge in [-0.3, -0.25) is 28.8 Å². The SMILES string of the molecule is [N-]=[N+]=NCC[C@H](NC(=O)[C@H](CC(N)=O)NC(=O)[C@H](Cc1ccc(O)cc1)NC(=O)Cc1ccc2cccccc1-2)C(=O)NCC(=O)O. The van der Waals surface area contributed by atoms with Crippen molar-refractivity contribution in [2.75, 3.05) is 13.1 Å². The van der Waals surface area contributed by atoms with Crippen LogP contribution in [0.3, 0.4) is 0 Å². The van der Waals surface area contributed by atoms with Crippen LogP contribution in [0.2, 0.25) is 0 Å². The highest BCUT2D eigenvalue weighted by Gasteiger charge is 2.31. The van der Waals surface area contributed by atoms with Gasteiger partial charge in [-0.05, 0) is 46.3 Å². The summed E-state index contributed by atoms with van der Waals surface area (Å²) in [4.78, 5) is 78.0. The number of carbonyl (C=O) groups is 6. The number of aromatic hydroxyl groups is 1. The quantitative estimate of drug-likeness (QED) is 0.0615. The third-order valence-electron chi connectivity index (χ3n) is 6.93. The van der Waals surface area contributed by atoms with E-state index in [0.717, 1.165) is 16.7 Å². The van der Waals surface area contributed by atoms with Crippen molar-refractivity contribution in [2.45, 2.75) is 43.8 Å². The maximum absolute atomic E-state index is 13.6. The second-order valence-corrected chi connectivity index (χ2v) is 10.5. The molecule has 0 heterocycles. The van der Waals surface area contributed by atoms with Gasteiger partial charge in [0.1, 0.15) is 30.4 Å². The van der Waals surface area contributed by atoms with E-state index in [-0.39, 0.29) is 31.6 Å². The number of rotatable bonds is 17. The van der Waals surface area contributed by atoms with E-state index in [9.17, 15) is 33.9 Å². The van der Waals surface area contributed by atoms with Crippen LogP contribution >= 0.6 is 0 Å². The first-order valence-electron chi connectivity index (χ1n) is 14.4. The zero-order valence-corrected chi connectivity index (χ0v) is 25.1. The minimum absolute atomic E-state index is 0.0179. The standard InChI is InChI=1S/C31H34N8O8/c32-26(41)16-25(31(47)37-23(12-13-35-39-33)29(45)34-17-28(43)44)38-30(46)24(14-18-6-10-21(40)11-7-18)36-27(42)15-20-9-8-19-4-2-1-3-5-22(19)20/h1-11,23-25,40H,12-17H2,(H2,32,41)(H,34,45)(H,36,42)(H,37,47)(H,38,46)(H,43,44)/t23-,24-,25-/m0/s1. The van der Waals surface area contributed by atoms with Gasteiger partial charge in [-0.25, -0.2) is 0 Å². The molecule has 0 saturated carbocycles. The van der Waals surface area contributed by atoms with Crippen molar-refractivity contribution < 1.29 is 39.0 Å². The zero-order valence-electron chi connectivity index (χ0n) is 25.1. The van der Waals surface area contributed by atoms with Gasteiger partial charge >= 0.3 is 5.97 Å². The summed E-state index contributed by atoms with van der Waals surface area (Å²) in [6.07, 6.45) is -1.05. The van der Waals surface area contributed by atoms with Gasteiger partial charge in [0.15, 0.2) is 0 Å². The molecule has 16 heteroatoms. The average molecular weight is 647 g/mol. The summed E-state index contributed by atoms with van der Waals surface area (Å²) in [5.74, 6) is -5.62. The van der Waals surface area contributed by atoms with Gasteiger partial charge in [0.25, 0.3) is 0 Å². The lowest BCUT2D eigenvalue weighted by atomic mass is 10.0. The van der Waals surface area contributed by atoms with Gasteiger partial charge in [-0.2, -0.15) is 0 Å². The summed E-state index contributed by atoms with van der Waals surface area (Å²) in [6.45, 7) is -1.00. The summed E-state index contributed by atoms with van der Waals surface area (Å²) < 4.78 is 0. The van der Waals surface area contributed by atoms with E-state index in [2.05, 4.69) is 31.3 Å². The molecule has 0 unspecified atom stereocenters. The first-order valence-corrected chi connectivity index (χ1v) is 14.4. The predicted octanol–water partition coefficient (Wildman–Crippen LogP) is 0.513. The van der Waals surface area contributed by atoms with Gasteiger partial charge in [0.05, 0.1) is 12.8 Å². The Kier molecular flexibility index (Phi) is 13.1. The topological polar surface area (TPSA) is 266 Å². The summed E-state index contributed by atoms with van der Waals surface area (Å²) in [5, 5.41) is 31.4. The fraction of sp³-hybridized carbons (Fsp3) is 0.290. The van der Waals surface area contributed by atoms with Crippen LogP contribution in [0, 0.1) is 0 Å². The number of amides is 5. The number of nitrogens with zero attached hydrogens (tertiary/aromatic N) is 3. The van der Waals surface area contributed by atoms with Crippen LogP contribution < -0.4 is 27.0 Å². The number of hydrogen-bond donors (Lipinski definition) is 7. The number of nitrogens with one attached hydrogen (secondary N) is 4. The maximum Gasteiger partial charge on any atom is 0.322 e. The van der Waals surface area contributed by atoms with Crippen molar-refractivity contribution in [3.8, 4) is 16.9 Å². The molecule has 3 atom stereocenters. The number of phenolic OH excluding ortho intramolecular Hbond substituents is 1. The molecule has 246 valence electrons. The molecule has 1 aromatic carbocycles. The van der Waals surface area contributed by atoms with E-state index in [1.54, 1.807) is 18.2 Å². The number of carboxylic acid groups (broad SMARTS) is 1. The molecular weight excluding hydrogens is 612 g/mol. The molecule has 0 aliphatic heterocycles. The van der Waals surface area contributed by atoms with Crippen LogP contribution in [0.15, 0.2) is 71.8 Å². The number of primary amides is 1. The van der Waals surface area contributed by atoms with Crippen molar-refractivity contribution in [1.82, 2.24) is 21.3 Å². The second kappa shape index (κ2) is 17.4. The number of benzene rings is 1. The van der Waals surface area contributed by atoms with Crippen molar-refractivity contribution in [3.63, 3.8) is 0 Å². The third kappa shape index (κ3) is 11.4. The second-order valence-electron chi connectivity index (χ2n) is 10.5. The van der Waals surface area contributed by atoms with Crippen molar-refractivity contribution >= 4 is 35.5 Å². The average Bonchev–Trinajstić information content (AvgIpc) is 3.23. The number of carbonyl (C=O) groups excluding carboxylic acids is 5. The lowest BCUT2D eigenvalue weighted by molar-refractivity contribution is -0.138. The molecule has 2 aliphatic rings. The number of carboxylic acids is 1. The molecule has 0 spiro atoms. The van der Waals surface area contributed by atoms with Crippen LogP contribution in [0.1, 0.15) is 24.0 Å². The smallest absolute Gasteiger partial charge is 0.322 e. The molecule has 0 aromatic heterocycles. The molecule has 5 amide bonds. The Balaban J connectivity index is 1.81. The largest absolute Gasteiger partial charge is 0.508 e. The van der Waals surface area contributed by atoms with Crippen LogP contribution in [-0.4, -0.2) is 76.9 Å². The highest BCUT2D eigenvalue weighted by atomic mass is 16.4. The molecule has 1 aromatic rings. The molecule has 8 N–H and O–H groups in total. The normalized spacial score (nSPS) is 12.4. The van der Waals surface area contributed by atoms with Gasteiger partial charge in [-0.15, -0.1) is 0 Å². The molecule has 0 radical (unpaired) electrons. The van der Waals surface area contributed by atoms with Crippen LogP contribution in [-0.2, 0) is 41.6 Å². The van der Waals surface area contributed by atoms with Gasteiger partial charge < -0.3 is 37.2 Å². The number of nitrogens with two attached hydrogens (primary N) is 1. The molecule has 47 heavy (non-hydrogen) atoms. The number of phenols is 1. The number of aliphatic carboxylic acids is 1. The molecule has 2 aliphatic carbocycles. The first kappa shape index (κ1) is 35.3. The monoisotopic (exact) mass is 646 g/mol. The Hall–Kier alpha value is -6.15. The highest BCUT2D eigenvalue weighted by molar-refractivity contribution is 5.97. The zero-order chi connectivity index (χ0) is 34.3. The molecule has 16 nitrogen and oxygen atoms in total. The summed E-state index contributed by atoms with van der Waals surface area (Å²) in [6, 6.07) is 14.6. The molecule has 0 bridgehead atoms. The maximum atomic E-state index is 13.6. The van der Waals surface area contributed by atoms with E-state index in [1.807, 2.05) is 36.4 Å². The van der Waals surface area contributed by atoms with Crippen LogP contribution in [0.5, 0.6) is 5.75 Å². The van der Waals surface area contributed by atoms with E-state index in [1.165, 1.54) is 12.1 Å². The fourth-order valence-corrected chi connectivity index (χ4v) is 4.67. The van der Waals surface area contributed by atoms with Crippen LogP contribution in [0.25, 0.3) is 21.6 Å². The number of azide groups is 1. The highest BCUT2D eigenvalue weighted by Crippen LogP contribution is 2.27. The Labute approximate surface area is 268 Å². The number of hydrogen-bond acceptors (Lipinski definition) is 8. The Morgan fingerprint density at radius 3 is 2.19 bits per heavy atom. The Morgan fingerprint density at radius 1 is 0.830 bits per heavy atom. The minimum atomic E-state index is -1.60. The lowest BCUT2D eigenvalue weighted by Gasteiger charge is -2.25. The fourth-order valence-electron chi connectivity index (χ4n) is 4.67. The van der Waals surface area contributed by atoms with E-state index in [0.29, 0.717) is 5.56 Å². The third-order valence-corrected chi connectivity index (χ3v) is 6.93. The van der Waals surface area contributed by atoms with Crippen molar-refractivity contribution in [1.29, 1.82) is 0 Å². The van der Waals surface area contributed by atoms with E-state index < -0.39 is 66.6 Å². The Bertz CT molecular complexity index is 1620. The number of fused-ring (bicyclic) bond motifs is 1. The first-order chi connectivity index (χ1) is 22.5. The summed E-state index contributed by atoms with van der Waals surface area (Å²) >= 11 is 0. The minimum Gasteiger partial charge on any atom is -0.508 e. The lowest BCUT2D eigenvalue weighted by Crippen LogP contribution is -2.58. The molecular formula is C31H34N8O8.